The molecule has 0 saturated carbocycles. The standard InChI is InChI=1S/2C18H15As.C18H15P.CO.ClH.Ru.H/c3*1-4-10-16(11-5-1)19(17-12-6-2-7-13-17)18-14-8-3-9-15-18;1-2;;;/h3*1-15H;;1H;;/q;;;;;+1;/p-1. The van der Waals surface area contributed by atoms with E-state index >= 15 is 0 Å². The third-order valence-electron chi connectivity index (χ3n) is 9.13. The molecule has 0 aliphatic carbocycles. The van der Waals surface area contributed by atoms with Crippen molar-refractivity contribution in [3.63, 3.8) is 0 Å². The van der Waals surface area contributed by atoms with Crippen LogP contribution in [0.15, 0.2) is 273 Å². The molecule has 0 atom stereocenters. The molecule has 61 heavy (non-hydrogen) atoms. The van der Waals surface area contributed by atoms with Crippen LogP contribution in [0.25, 0.3) is 0 Å². The summed E-state index contributed by atoms with van der Waals surface area (Å²) in [6.07, 6.45) is 0. The summed E-state index contributed by atoms with van der Waals surface area (Å²) in [5.74, 6) is 0. The number of halogens is 1. The zero-order valence-corrected chi connectivity index (χ0v) is 40.7. The Balaban J connectivity index is 0.000000166. The fourth-order valence-electron chi connectivity index (χ4n) is 6.54. The fourth-order valence-corrected chi connectivity index (χ4v) is 18.5. The quantitative estimate of drug-likeness (QED) is 0.0602. The SMILES string of the molecule is [C-]#[O+].[Cl][RuH].c1ccc(P(c2ccccc2)c2ccccc2)cc1.c1ccc([As](c2ccccc2)c2ccccc2)cc1.c1ccc([As](c2ccccc2)c2ccccc2)cc1. The van der Waals surface area contributed by atoms with Gasteiger partial charge in [0.1, 0.15) is 0 Å². The van der Waals surface area contributed by atoms with Crippen LogP contribution in [-0.2, 0) is 22.0 Å². The van der Waals surface area contributed by atoms with Gasteiger partial charge in [0.25, 0.3) is 0 Å². The molecule has 0 bridgehead atoms. The van der Waals surface area contributed by atoms with Crippen molar-refractivity contribution >= 4 is 88.9 Å². The number of rotatable bonds is 9. The van der Waals surface area contributed by atoms with E-state index in [0.717, 1.165) is 0 Å². The van der Waals surface area contributed by atoms with Crippen molar-refractivity contribution in [1.82, 2.24) is 0 Å². The van der Waals surface area contributed by atoms with Crippen molar-refractivity contribution < 1.29 is 22.0 Å². The van der Waals surface area contributed by atoms with E-state index in [-0.39, 0.29) is 0 Å². The molecule has 0 spiro atoms. The Morgan fingerprint density at radius 3 is 0.541 bits per heavy atom. The van der Waals surface area contributed by atoms with Crippen molar-refractivity contribution in [2.45, 2.75) is 0 Å². The van der Waals surface area contributed by atoms with E-state index in [1.54, 1.807) is 17.3 Å². The first-order valence-electron chi connectivity index (χ1n) is 19.6. The summed E-state index contributed by atoms with van der Waals surface area (Å²) >= 11 is -1.16. The molecular weight excluding hydrogens is 994 g/mol. The summed E-state index contributed by atoms with van der Waals surface area (Å²) in [7, 11) is 4.16. The Bertz CT molecular complexity index is 1930. The van der Waals surface area contributed by atoms with Crippen LogP contribution in [0.1, 0.15) is 0 Å². The number of hydrogen-bond acceptors (Lipinski definition) is 0. The van der Waals surface area contributed by atoms with E-state index in [1.165, 1.54) is 42.0 Å². The molecular formula is C55H46As2ClOPRu. The summed E-state index contributed by atoms with van der Waals surface area (Å²) in [4.78, 5) is 0. The normalized spacial score (nSPS) is 10.0. The molecule has 0 unspecified atom stereocenters. The fraction of sp³-hybridized carbons (Fsp3) is 0. The van der Waals surface area contributed by atoms with Gasteiger partial charge in [0, 0.05) is 0 Å². The molecule has 0 amide bonds. The monoisotopic (exact) mass is 1040 g/mol. The van der Waals surface area contributed by atoms with E-state index < -0.39 is 37.2 Å². The first-order chi connectivity index (χ1) is 30.3. The molecule has 0 radical (unpaired) electrons. The third-order valence-corrected chi connectivity index (χ3v) is 21.8. The van der Waals surface area contributed by atoms with Gasteiger partial charge in [-0.2, -0.15) is 0 Å². The van der Waals surface area contributed by atoms with E-state index in [0.29, 0.717) is 0 Å². The van der Waals surface area contributed by atoms with E-state index in [2.05, 4.69) is 289 Å². The van der Waals surface area contributed by atoms with Crippen LogP contribution in [0, 0.1) is 6.65 Å². The second-order valence-electron chi connectivity index (χ2n) is 13.0. The molecule has 0 aliphatic heterocycles. The molecule has 302 valence electrons. The van der Waals surface area contributed by atoms with Crippen molar-refractivity contribution in [2.24, 2.45) is 0 Å². The zero-order chi connectivity index (χ0) is 42.7. The van der Waals surface area contributed by atoms with Crippen LogP contribution in [0.3, 0.4) is 0 Å². The predicted octanol–water partition coefficient (Wildman–Crippen LogP) is 8.23. The summed E-state index contributed by atoms with van der Waals surface area (Å²) in [5.41, 5.74) is 0. The average molecular weight is 1040 g/mol. The van der Waals surface area contributed by atoms with Crippen LogP contribution in [0.4, 0.5) is 0 Å². The van der Waals surface area contributed by atoms with Gasteiger partial charge in [0.15, 0.2) is 0 Å². The molecule has 0 aromatic heterocycles. The van der Waals surface area contributed by atoms with Gasteiger partial charge in [-0.05, 0) is 23.8 Å². The van der Waals surface area contributed by atoms with Gasteiger partial charge in [-0.25, -0.2) is 0 Å². The first kappa shape index (κ1) is 47.2. The Morgan fingerprint density at radius 1 is 0.262 bits per heavy atom. The Labute approximate surface area is 387 Å². The maximum absolute atomic E-state index is 7.50. The minimum atomic E-state index is -1.39. The molecule has 0 saturated heterocycles. The van der Waals surface area contributed by atoms with Crippen molar-refractivity contribution in [3.05, 3.63) is 280 Å². The second-order valence-corrected chi connectivity index (χ2v) is 24.6. The van der Waals surface area contributed by atoms with E-state index in [9.17, 15) is 0 Å². The molecule has 1 nitrogen and oxygen atoms in total. The average Bonchev–Trinajstić information content (AvgIpc) is 3.37. The molecule has 0 heterocycles. The number of hydrogen-bond donors (Lipinski definition) is 0. The Morgan fingerprint density at radius 2 is 0.393 bits per heavy atom. The van der Waals surface area contributed by atoms with Crippen LogP contribution in [-0.4, -0.2) is 29.3 Å². The Kier molecular flexibility index (Phi) is 21.6. The van der Waals surface area contributed by atoms with Gasteiger partial charge in [0.2, 0.25) is 0 Å². The maximum atomic E-state index is 7.50. The molecule has 9 aromatic rings. The third kappa shape index (κ3) is 14.7. The van der Waals surface area contributed by atoms with E-state index in [4.69, 9.17) is 4.65 Å². The zero-order valence-electron chi connectivity index (χ0n) is 33.5. The van der Waals surface area contributed by atoms with Gasteiger partial charge >= 0.3 is 276 Å². The van der Waals surface area contributed by atoms with Gasteiger partial charge in [-0.3, -0.25) is 0 Å². The molecule has 9 rings (SSSR count). The van der Waals surface area contributed by atoms with Gasteiger partial charge in [-0.1, -0.05) is 91.0 Å². The molecule has 0 aliphatic rings. The molecule has 0 fully saturated rings. The van der Waals surface area contributed by atoms with Crippen LogP contribution in [0.5, 0.6) is 0 Å². The number of benzene rings is 9. The van der Waals surface area contributed by atoms with Crippen molar-refractivity contribution in [2.75, 3.05) is 0 Å². The molecule has 6 heteroatoms. The van der Waals surface area contributed by atoms with E-state index in [1.807, 2.05) is 0 Å². The van der Waals surface area contributed by atoms with Crippen LogP contribution >= 0.6 is 17.6 Å². The Hall–Kier alpha value is -4.82. The predicted molar refractivity (Wildman–Crippen MR) is 264 cm³/mol. The molecule has 0 N–H and O–H groups in total. The van der Waals surface area contributed by atoms with Crippen LogP contribution in [0.2, 0.25) is 0 Å². The summed E-state index contributed by atoms with van der Waals surface area (Å²) in [6.45, 7) is 4.50. The van der Waals surface area contributed by atoms with Crippen molar-refractivity contribution in [3.8, 4) is 0 Å². The second kappa shape index (κ2) is 27.9. The van der Waals surface area contributed by atoms with Crippen molar-refractivity contribution in [1.29, 1.82) is 0 Å². The summed E-state index contributed by atoms with van der Waals surface area (Å²) < 4.78 is 16.4. The van der Waals surface area contributed by atoms with Gasteiger partial charge in [0.05, 0.1) is 0 Å². The minimum absolute atomic E-state index is 0.446. The van der Waals surface area contributed by atoms with Gasteiger partial charge < -0.3 is 0 Å². The van der Waals surface area contributed by atoms with Gasteiger partial charge in [-0.15, -0.1) is 0 Å². The molecule has 9 aromatic carbocycles. The first-order valence-corrected chi connectivity index (χ1v) is 28.9. The summed E-state index contributed by atoms with van der Waals surface area (Å²) in [5, 5.41) is 4.19. The topological polar surface area (TPSA) is 19.9 Å². The summed E-state index contributed by atoms with van der Waals surface area (Å²) in [6, 6.07) is 97.7. The van der Waals surface area contributed by atoms with Crippen LogP contribution < -0.4 is 42.0 Å².